The number of fused-ring (bicyclic) bond motifs is 1. The predicted molar refractivity (Wildman–Crippen MR) is 100 cm³/mol. The molecule has 3 N–H and O–H groups in total. The zero-order valence-corrected chi connectivity index (χ0v) is 16.0. The molecule has 0 spiro atoms. The first kappa shape index (κ1) is 17.9. The summed E-state index contributed by atoms with van der Waals surface area (Å²) in [5, 5.41) is 13.2. The van der Waals surface area contributed by atoms with Gasteiger partial charge < -0.3 is 10.4 Å². The first-order valence-corrected chi connectivity index (χ1v) is 9.67. The summed E-state index contributed by atoms with van der Waals surface area (Å²) in [5.41, 5.74) is 1.48. The molecule has 25 heavy (non-hydrogen) atoms. The van der Waals surface area contributed by atoms with Gasteiger partial charge in [-0.3, -0.25) is 4.79 Å². The fraction of sp³-hybridized carbons (Fsp3) is 0.0625. The van der Waals surface area contributed by atoms with Crippen LogP contribution in [0.25, 0.3) is 11.6 Å². The van der Waals surface area contributed by atoms with Crippen LogP contribution in [-0.4, -0.2) is 26.5 Å². The lowest BCUT2D eigenvalue weighted by atomic mass is 10.0. The highest BCUT2D eigenvalue weighted by Crippen LogP contribution is 2.38. The van der Waals surface area contributed by atoms with Crippen molar-refractivity contribution in [3.63, 3.8) is 0 Å². The topological polar surface area (TPSA) is 95.5 Å². The van der Waals surface area contributed by atoms with E-state index in [0.29, 0.717) is 26.3 Å². The molecule has 3 rings (SSSR count). The van der Waals surface area contributed by atoms with Crippen molar-refractivity contribution in [2.24, 2.45) is 0 Å². The van der Waals surface area contributed by atoms with Crippen LogP contribution in [-0.2, 0) is 14.8 Å². The maximum absolute atomic E-state index is 12.3. The van der Waals surface area contributed by atoms with Crippen LogP contribution in [0.1, 0.15) is 11.1 Å². The highest BCUT2D eigenvalue weighted by atomic mass is 79.9. The smallest absolute Gasteiger partial charge is 0.256 e. The summed E-state index contributed by atoms with van der Waals surface area (Å²) < 4.78 is 26.6. The lowest BCUT2D eigenvalue weighted by molar-refractivity contribution is -0.110. The summed E-state index contributed by atoms with van der Waals surface area (Å²) in [5.74, 6) is -0.471. The Morgan fingerprint density at radius 1 is 1.28 bits per heavy atom. The van der Waals surface area contributed by atoms with E-state index < -0.39 is 15.9 Å². The molecule has 0 aromatic heterocycles. The molecule has 2 aromatic rings. The van der Waals surface area contributed by atoms with E-state index in [-0.39, 0.29) is 16.2 Å². The van der Waals surface area contributed by atoms with E-state index in [1.165, 1.54) is 43.5 Å². The molecule has 6 nitrogen and oxygen atoms in total. The van der Waals surface area contributed by atoms with Crippen molar-refractivity contribution in [2.45, 2.75) is 4.90 Å². The molecule has 2 aromatic carbocycles. The first-order valence-electron chi connectivity index (χ1n) is 7.02. The van der Waals surface area contributed by atoms with Gasteiger partial charge in [-0.15, -0.1) is 0 Å². The number of benzene rings is 2. The quantitative estimate of drug-likeness (QED) is 0.635. The Bertz CT molecular complexity index is 1030. The van der Waals surface area contributed by atoms with E-state index >= 15 is 0 Å². The zero-order valence-electron chi connectivity index (χ0n) is 12.8. The van der Waals surface area contributed by atoms with Crippen LogP contribution < -0.4 is 10.0 Å². The monoisotopic (exact) mass is 442 g/mol. The van der Waals surface area contributed by atoms with Crippen LogP contribution in [0.5, 0.6) is 5.75 Å². The van der Waals surface area contributed by atoms with E-state index in [0.717, 1.165) is 0 Å². The van der Waals surface area contributed by atoms with Gasteiger partial charge in [0.2, 0.25) is 10.0 Å². The van der Waals surface area contributed by atoms with Gasteiger partial charge in [-0.05, 0) is 59.4 Å². The lowest BCUT2D eigenvalue weighted by Gasteiger charge is -2.06. The van der Waals surface area contributed by atoms with Crippen LogP contribution in [0, 0.1) is 0 Å². The third-order valence-corrected chi connectivity index (χ3v) is 5.95. The van der Waals surface area contributed by atoms with Crippen molar-refractivity contribution in [3.8, 4) is 5.75 Å². The number of hydrogen-bond donors (Lipinski definition) is 3. The number of hydrogen-bond acceptors (Lipinski definition) is 4. The third-order valence-electron chi connectivity index (χ3n) is 3.71. The molecule has 0 fully saturated rings. The van der Waals surface area contributed by atoms with Crippen molar-refractivity contribution in [3.05, 3.63) is 51.0 Å². The largest absolute Gasteiger partial charge is 0.506 e. The number of carbonyl (C=O) groups is 1. The summed E-state index contributed by atoms with van der Waals surface area (Å²) in [6.07, 6.45) is 1.46. The third kappa shape index (κ3) is 3.30. The van der Waals surface area contributed by atoms with Crippen molar-refractivity contribution < 1.29 is 18.3 Å². The molecule has 130 valence electrons. The fourth-order valence-corrected chi connectivity index (χ4v) is 4.04. The molecule has 0 atom stereocenters. The zero-order chi connectivity index (χ0) is 18.4. The van der Waals surface area contributed by atoms with Crippen LogP contribution in [0.2, 0.25) is 5.02 Å². The summed E-state index contributed by atoms with van der Waals surface area (Å²) in [4.78, 5) is 12.3. The molecule has 0 saturated carbocycles. The minimum Gasteiger partial charge on any atom is -0.506 e. The van der Waals surface area contributed by atoms with Gasteiger partial charge >= 0.3 is 0 Å². The van der Waals surface area contributed by atoms with Crippen molar-refractivity contribution >= 4 is 60.8 Å². The van der Waals surface area contributed by atoms with E-state index in [1.807, 2.05) is 0 Å². The summed E-state index contributed by atoms with van der Waals surface area (Å²) in [7, 11) is -2.34. The molecule has 0 radical (unpaired) electrons. The fourth-order valence-electron chi connectivity index (χ4n) is 2.45. The second-order valence-electron chi connectivity index (χ2n) is 5.25. The summed E-state index contributed by atoms with van der Waals surface area (Å²) in [6, 6.07) is 7.36. The Labute approximate surface area is 157 Å². The average Bonchev–Trinajstić information content (AvgIpc) is 2.87. The normalized spacial score (nSPS) is 15.3. The summed E-state index contributed by atoms with van der Waals surface area (Å²) in [6.45, 7) is 0. The number of halogens is 2. The first-order chi connectivity index (χ1) is 11.7. The van der Waals surface area contributed by atoms with Gasteiger partial charge in [0, 0.05) is 27.4 Å². The van der Waals surface area contributed by atoms with Gasteiger partial charge in [-0.2, -0.15) is 0 Å². The van der Waals surface area contributed by atoms with E-state index in [1.54, 1.807) is 0 Å². The number of sulfonamides is 1. The maximum Gasteiger partial charge on any atom is 0.256 e. The highest BCUT2D eigenvalue weighted by molar-refractivity contribution is 9.10. The molecule has 1 heterocycles. The second kappa shape index (κ2) is 6.45. The van der Waals surface area contributed by atoms with E-state index in [4.69, 9.17) is 11.6 Å². The van der Waals surface area contributed by atoms with Gasteiger partial charge in [0.05, 0.1) is 9.37 Å². The predicted octanol–water partition coefficient (Wildman–Crippen LogP) is 3.21. The van der Waals surface area contributed by atoms with Crippen molar-refractivity contribution in [2.75, 3.05) is 12.4 Å². The molecule has 1 aliphatic heterocycles. The Hall–Kier alpha value is -1.87. The molecule has 0 aliphatic carbocycles. The molecule has 0 saturated heterocycles. The number of aromatic hydroxyl groups is 1. The lowest BCUT2D eigenvalue weighted by Crippen LogP contribution is -2.18. The average molecular weight is 444 g/mol. The number of nitrogens with one attached hydrogen (secondary N) is 2. The maximum atomic E-state index is 12.3. The molecule has 9 heteroatoms. The number of phenols is 1. The van der Waals surface area contributed by atoms with Crippen LogP contribution >= 0.6 is 27.5 Å². The minimum absolute atomic E-state index is 0.0349. The highest BCUT2D eigenvalue weighted by Gasteiger charge is 2.26. The van der Waals surface area contributed by atoms with Crippen molar-refractivity contribution in [1.29, 1.82) is 0 Å². The minimum atomic E-state index is -3.65. The molecule has 0 unspecified atom stereocenters. The van der Waals surface area contributed by atoms with Crippen molar-refractivity contribution in [1.82, 2.24) is 4.72 Å². The number of rotatable bonds is 3. The molecule has 1 amide bonds. The van der Waals surface area contributed by atoms with Gasteiger partial charge in [0.25, 0.3) is 5.91 Å². The molecular weight excluding hydrogens is 432 g/mol. The van der Waals surface area contributed by atoms with Gasteiger partial charge in [0.1, 0.15) is 5.75 Å². The Kier molecular flexibility index (Phi) is 4.63. The molecule has 0 bridgehead atoms. The van der Waals surface area contributed by atoms with Gasteiger partial charge in [-0.25, -0.2) is 13.1 Å². The molecular formula is C16H12BrClN2O4S. The molecule has 1 aliphatic rings. The van der Waals surface area contributed by atoms with Crippen LogP contribution in [0.15, 0.2) is 39.7 Å². The Balaban J connectivity index is 2.18. The standard InChI is InChI=1S/C16H12BrClN2O4S/c1-19-25(23,24)10-2-3-14-11(7-10)12(16(22)20-14)5-8-4-9(18)6-13(17)15(8)21/h2-7,19,21H,1H3,(H,20,22). The van der Waals surface area contributed by atoms with Crippen LogP contribution in [0.3, 0.4) is 0 Å². The second-order valence-corrected chi connectivity index (χ2v) is 8.43. The Morgan fingerprint density at radius 3 is 2.68 bits per heavy atom. The van der Waals surface area contributed by atoms with Gasteiger partial charge in [0.15, 0.2) is 0 Å². The van der Waals surface area contributed by atoms with Gasteiger partial charge in [-0.1, -0.05) is 11.6 Å². The number of amides is 1. The summed E-state index contributed by atoms with van der Waals surface area (Å²) >= 11 is 9.18. The number of anilines is 1. The van der Waals surface area contributed by atoms with E-state index in [2.05, 4.69) is 26.0 Å². The SMILES string of the molecule is CNS(=O)(=O)c1ccc2c(c1)C(=Cc1cc(Cl)cc(Br)c1O)C(=O)N2. The van der Waals surface area contributed by atoms with Crippen LogP contribution in [0.4, 0.5) is 5.69 Å². The number of carbonyl (C=O) groups excluding carboxylic acids is 1. The van der Waals surface area contributed by atoms with E-state index in [9.17, 15) is 18.3 Å². The Morgan fingerprint density at radius 2 is 2.00 bits per heavy atom. The number of phenolic OH excluding ortho intramolecular Hbond substituents is 1.